The van der Waals surface area contributed by atoms with Gasteiger partial charge in [-0.3, -0.25) is 9.69 Å². The summed E-state index contributed by atoms with van der Waals surface area (Å²) in [6.07, 6.45) is 4.94. The topological polar surface area (TPSA) is 66.2 Å². The first kappa shape index (κ1) is 19.0. The highest BCUT2D eigenvalue weighted by Gasteiger charge is 2.46. The van der Waals surface area contributed by atoms with Gasteiger partial charge in [-0.15, -0.1) is 0 Å². The van der Waals surface area contributed by atoms with E-state index in [0.29, 0.717) is 25.3 Å². The summed E-state index contributed by atoms with van der Waals surface area (Å²) < 4.78 is 11.3. The average Bonchev–Trinajstić information content (AvgIpc) is 3.37. The van der Waals surface area contributed by atoms with Gasteiger partial charge in [0.15, 0.2) is 5.76 Å². The Bertz CT molecular complexity index is 648. The number of hydrogen-bond donors (Lipinski definition) is 1. The summed E-state index contributed by atoms with van der Waals surface area (Å²) in [5.74, 6) is 1.56. The minimum atomic E-state index is -0.690. The standard InChI is InChI=1S/C21H32N2O4/c1-16-14-23(11-8-21(16,25)17-6-12-26-13-7-17)20(24)19-5-4-18(27-19)15-22-9-2-3-10-22/h4-5,16-17,25H,2-3,6-15H2,1H3/t16-,21+/m1/s1. The van der Waals surface area contributed by atoms with Crippen LogP contribution in [-0.2, 0) is 11.3 Å². The zero-order chi connectivity index (χ0) is 18.9. The van der Waals surface area contributed by atoms with E-state index in [-0.39, 0.29) is 17.7 Å². The van der Waals surface area contributed by atoms with Crippen LogP contribution in [0.3, 0.4) is 0 Å². The lowest BCUT2D eigenvalue weighted by Gasteiger charge is -2.48. The van der Waals surface area contributed by atoms with E-state index in [4.69, 9.17) is 9.15 Å². The van der Waals surface area contributed by atoms with Crippen molar-refractivity contribution in [2.24, 2.45) is 11.8 Å². The Balaban J connectivity index is 1.37. The fraction of sp³-hybridized carbons (Fsp3) is 0.762. The van der Waals surface area contributed by atoms with Gasteiger partial charge >= 0.3 is 0 Å². The number of nitrogens with zero attached hydrogens (tertiary/aromatic N) is 2. The highest BCUT2D eigenvalue weighted by Crippen LogP contribution is 2.39. The van der Waals surface area contributed by atoms with Gasteiger partial charge in [0.1, 0.15) is 5.76 Å². The van der Waals surface area contributed by atoms with Crippen LogP contribution in [-0.4, -0.2) is 65.8 Å². The molecule has 0 saturated carbocycles. The van der Waals surface area contributed by atoms with Crippen LogP contribution >= 0.6 is 0 Å². The second-order valence-corrected chi connectivity index (χ2v) is 8.53. The fourth-order valence-electron chi connectivity index (χ4n) is 5.02. The smallest absolute Gasteiger partial charge is 0.289 e. The molecule has 0 aromatic carbocycles. The molecule has 6 heteroatoms. The Kier molecular flexibility index (Phi) is 5.58. The first-order chi connectivity index (χ1) is 13.1. The molecule has 0 unspecified atom stereocenters. The summed E-state index contributed by atoms with van der Waals surface area (Å²) in [5.41, 5.74) is -0.690. The third kappa shape index (κ3) is 3.93. The lowest BCUT2D eigenvalue weighted by atomic mass is 9.70. The van der Waals surface area contributed by atoms with E-state index in [0.717, 1.165) is 51.4 Å². The lowest BCUT2D eigenvalue weighted by Crippen LogP contribution is -2.56. The van der Waals surface area contributed by atoms with E-state index in [1.807, 2.05) is 11.0 Å². The molecule has 0 radical (unpaired) electrons. The molecule has 150 valence electrons. The van der Waals surface area contributed by atoms with Gasteiger partial charge in [0.05, 0.1) is 12.1 Å². The van der Waals surface area contributed by atoms with Crippen LogP contribution in [0.5, 0.6) is 0 Å². The number of hydrogen-bond acceptors (Lipinski definition) is 5. The van der Waals surface area contributed by atoms with Gasteiger partial charge in [0.2, 0.25) is 0 Å². The zero-order valence-corrected chi connectivity index (χ0v) is 16.4. The van der Waals surface area contributed by atoms with E-state index in [1.54, 1.807) is 6.07 Å². The Morgan fingerprint density at radius 1 is 1.22 bits per heavy atom. The minimum Gasteiger partial charge on any atom is -0.455 e. The van der Waals surface area contributed by atoms with Gasteiger partial charge in [0.25, 0.3) is 5.91 Å². The van der Waals surface area contributed by atoms with Crippen molar-refractivity contribution in [1.82, 2.24) is 9.80 Å². The highest BCUT2D eigenvalue weighted by molar-refractivity contribution is 5.91. The van der Waals surface area contributed by atoms with Crippen molar-refractivity contribution in [1.29, 1.82) is 0 Å². The van der Waals surface area contributed by atoms with Crippen molar-refractivity contribution in [3.63, 3.8) is 0 Å². The summed E-state index contributed by atoms with van der Waals surface area (Å²) in [7, 11) is 0. The predicted octanol–water partition coefficient (Wildman–Crippen LogP) is 2.52. The van der Waals surface area contributed by atoms with Crippen molar-refractivity contribution < 1.29 is 19.1 Å². The molecule has 3 aliphatic rings. The Morgan fingerprint density at radius 3 is 2.67 bits per heavy atom. The maximum atomic E-state index is 12.9. The third-order valence-electron chi connectivity index (χ3n) is 6.80. The molecule has 2 atom stereocenters. The number of furan rings is 1. The molecule has 3 aliphatic heterocycles. The van der Waals surface area contributed by atoms with Gasteiger partial charge < -0.3 is 19.2 Å². The molecule has 0 bridgehead atoms. The van der Waals surface area contributed by atoms with Gasteiger partial charge in [-0.05, 0) is 63.2 Å². The number of rotatable bonds is 4. The number of amides is 1. The molecule has 1 N–H and O–H groups in total. The number of carbonyl (C=O) groups excluding carboxylic acids is 1. The largest absolute Gasteiger partial charge is 0.455 e. The molecule has 4 heterocycles. The fourth-order valence-corrected chi connectivity index (χ4v) is 5.02. The van der Waals surface area contributed by atoms with Crippen LogP contribution in [0.4, 0.5) is 0 Å². The molecular formula is C21H32N2O4. The quantitative estimate of drug-likeness (QED) is 0.875. The normalized spacial score (nSPS) is 30.7. The van der Waals surface area contributed by atoms with E-state index >= 15 is 0 Å². The highest BCUT2D eigenvalue weighted by atomic mass is 16.5. The molecule has 1 amide bonds. The molecule has 1 aromatic heterocycles. The summed E-state index contributed by atoms with van der Waals surface area (Å²) >= 11 is 0. The third-order valence-corrected chi connectivity index (χ3v) is 6.80. The van der Waals surface area contributed by atoms with Crippen LogP contribution in [0.25, 0.3) is 0 Å². The molecule has 1 aromatic rings. The summed E-state index contributed by atoms with van der Waals surface area (Å²) in [4.78, 5) is 17.1. The lowest BCUT2D eigenvalue weighted by molar-refractivity contribution is -0.126. The van der Waals surface area contributed by atoms with Crippen molar-refractivity contribution >= 4 is 5.91 Å². The van der Waals surface area contributed by atoms with E-state index < -0.39 is 5.60 Å². The molecular weight excluding hydrogens is 344 g/mol. The zero-order valence-electron chi connectivity index (χ0n) is 16.4. The number of likely N-dealkylation sites (tertiary alicyclic amines) is 2. The number of carbonyl (C=O) groups is 1. The van der Waals surface area contributed by atoms with Crippen LogP contribution in [0.15, 0.2) is 16.5 Å². The molecule has 0 spiro atoms. The number of ether oxygens (including phenoxy) is 1. The van der Waals surface area contributed by atoms with Crippen LogP contribution < -0.4 is 0 Å². The first-order valence-corrected chi connectivity index (χ1v) is 10.5. The second kappa shape index (κ2) is 7.94. The molecule has 27 heavy (non-hydrogen) atoms. The van der Waals surface area contributed by atoms with Gasteiger partial charge in [-0.25, -0.2) is 0 Å². The summed E-state index contributed by atoms with van der Waals surface area (Å²) in [6.45, 7) is 7.69. The molecule has 4 rings (SSSR count). The maximum Gasteiger partial charge on any atom is 0.289 e. The van der Waals surface area contributed by atoms with E-state index in [9.17, 15) is 9.90 Å². The Labute approximate surface area is 161 Å². The summed E-state index contributed by atoms with van der Waals surface area (Å²) in [5, 5.41) is 11.3. The van der Waals surface area contributed by atoms with Gasteiger partial charge in [0, 0.05) is 32.2 Å². The minimum absolute atomic E-state index is 0.0523. The van der Waals surface area contributed by atoms with Crippen molar-refractivity contribution in [3.05, 3.63) is 23.7 Å². The van der Waals surface area contributed by atoms with Crippen molar-refractivity contribution in [3.8, 4) is 0 Å². The van der Waals surface area contributed by atoms with Crippen molar-refractivity contribution in [2.75, 3.05) is 39.4 Å². The van der Waals surface area contributed by atoms with E-state index in [2.05, 4.69) is 11.8 Å². The predicted molar refractivity (Wildman–Crippen MR) is 101 cm³/mol. The van der Waals surface area contributed by atoms with Crippen LogP contribution in [0, 0.1) is 11.8 Å². The Hall–Kier alpha value is -1.37. The Morgan fingerprint density at radius 2 is 1.96 bits per heavy atom. The number of aliphatic hydroxyl groups is 1. The SMILES string of the molecule is C[C@@H]1CN(C(=O)c2ccc(CN3CCCC3)o2)CC[C@@]1(O)C1CCOCC1. The van der Waals surface area contributed by atoms with Crippen molar-refractivity contribution in [2.45, 2.75) is 51.2 Å². The van der Waals surface area contributed by atoms with E-state index in [1.165, 1.54) is 12.8 Å². The summed E-state index contributed by atoms with van der Waals surface area (Å²) in [6, 6.07) is 3.73. The van der Waals surface area contributed by atoms with Crippen LogP contribution in [0.2, 0.25) is 0 Å². The molecule has 6 nitrogen and oxygen atoms in total. The molecule has 3 fully saturated rings. The first-order valence-electron chi connectivity index (χ1n) is 10.5. The number of piperidine rings is 1. The molecule has 3 saturated heterocycles. The maximum absolute atomic E-state index is 12.9. The van der Waals surface area contributed by atoms with Crippen LogP contribution in [0.1, 0.15) is 55.3 Å². The monoisotopic (exact) mass is 376 g/mol. The van der Waals surface area contributed by atoms with Gasteiger partial charge in [-0.2, -0.15) is 0 Å². The molecule has 0 aliphatic carbocycles. The second-order valence-electron chi connectivity index (χ2n) is 8.53. The van der Waals surface area contributed by atoms with Gasteiger partial charge in [-0.1, -0.05) is 6.92 Å². The average molecular weight is 376 g/mol.